The third-order valence-electron chi connectivity index (χ3n) is 4.50. The molecular formula is C18H23NO4. The normalized spacial score (nSPS) is 17.1. The molecule has 124 valence electrons. The predicted octanol–water partition coefficient (Wildman–Crippen LogP) is 3.75. The van der Waals surface area contributed by atoms with Crippen molar-refractivity contribution in [2.75, 3.05) is 13.7 Å². The minimum absolute atomic E-state index is 0.129. The van der Waals surface area contributed by atoms with Gasteiger partial charge in [0.25, 0.3) is 0 Å². The number of hydrogen-bond donors (Lipinski definition) is 0. The van der Waals surface area contributed by atoms with Crippen molar-refractivity contribution in [2.45, 2.75) is 32.1 Å². The van der Waals surface area contributed by atoms with Gasteiger partial charge in [0.1, 0.15) is 5.75 Å². The van der Waals surface area contributed by atoms with Gasteiger partial charge in [-0.25, -0.2) is 0 Å². The Morgan fingerprint density at radius 2 is 2.04 bits per heavy atom. The first-order valence-corrected chi connectivity index (χ1v) is 8.08. The molecule has 1 fully saturated rings. The molecule has 0 aliphatic heterocycles. The van der Waals surface area contributed by atoms with Gasteiger partial charge in [0.05, 0.1) is 13.0 Å². The van der Waals surface area contributed by atoms with Gasteiger partial charge in [-0.05, 0) is 37.0 Å². The molecule has 2 rings (SSSR count). The molecule has 0 radical (unpaired) electrons. The lowest BCUT2D eigenvalue weighted by Crippen LogP contribution is -2.31. The Labute approximate surface area is 136 Å². The zero-order chi connectivity index (χ0) is 16.7. The molecule has 1 aromatic carbocycles. The Kier molecular flexibility index (Phi) is 6.32. The summed E-state index contributed by atoms with van der Waals surface area (Å²) < 4.78 is 5.25. The van der Waals surface area contributed by atoms with Crippen molar-refractivity contribution in [1.82, 2.24) is 0 Å². The van der Waals surface area contributed by atoms with Crippen LogP contribution in [0.2, 0.25) is 0 Å². The minimum Gasteiger partial charge on any atom is -0.496 e. The van der Waals surface area contributed by atoms with Crippen LogP contribution in [0.5, 0.6) is 5.75 Å². The number of methoxy groups -OCH3 is 1. The Morgan fingerprint density at radius 3 is 2.70 bits per heavy atom. The molecular weight excluding hydrogens is 294 g/mol. The van der Waals surface area contributed by atoms with E-state index in [0.29, 0.717) is 5.75 Å². The van der Waals surface area contributed by atoms with Gasteiger partial charge in [-0.2, -0.15) is 0 Å². The molecule has 5 heteroatoms. The van der Waals surface area contributed by atoms with Crippen LogP contribution in [0.25, 0.3) is 6.08 Å². The number of nitrogens with zero attached hydrogens (tertiary/aromatic N) is 1. The maximum absolute atomic E-state index is 12.5. The fourth-order valence-corrected chi connectivity index (χ4v) is 3.27. The van der Waals surface area contributed by atoms with Crippen molar-refractivity contribution >= 4 is 11.9 Å². The van der Waals surface area contributed by atoms with Crippen molar-refractivity contribution in [1.29, 1.82) is 0 Å². The van der Waals surface area contributed by atoms with Gasteiger partial charge in [0.15, 0.2) is 5.78 Å². The number of rotatable bonds is 7. The lowest BCUT2D eigenvalue weighted by molar-refractivity contribution is -0.487. The lowest BCUT2D eigenvalue weighted by atomic mass is 9.78. The van der Waals surface area contributed by atoms with Crippen LogP contribution in [0, 0.1) is 22.0 Å². The Morgan fingerprint density at radius 1 is 1.35 bits per heavy atom. The summed E-state index contributed by atoms with van der Waals surface area (Å²) >= 11 is 0. The molecule has 0 bridgehead atoms. The Bertz CT molecular complexity index is 576. The number of allylic oxidation sites excluding steroid dienone is 1. The number of ether oxygens (including phenoxy) is 1. The highest BCUT2D eigenvalue weighted by molar-refractivity contribution is 5.96. The van der Waals surface area contributed by atoms with Gasteiger partial charge >= 0.3 is 0 Å². The number of ketones is 1. The van der Waals surface area contributed by atoms with Crippen molar-refractivity contribution in [3.63, 3.8) is 0 Å². The van der Waals surface area contributed by atoms with Gasteiger partial charge < -0.3 is 4.74 Å². The Hall–Kier alpha value is -2.17. The summed E-state index contributed by atoms with van der Waals surface area (Å²) in [6.07, 6.45) is 8.26. The van der Waals surface area contributed by atoms with E-state index in [4.69, 9.17) is 4.74 Å². The quantitative estimate of drug-likeness (QED) is 0.436. The van der Waals surface area contributed by atoms with Crippen molar-refractivity contribution in [3.05, 3.63) is 46.0 Å². The maximum atomic E-state index is 12.5. The maximum Gasteiger partial charge on any atom is 0.214 e. The lowest BCUT2D eigenvalue weighted by Gasteiger charge is -2.26. The third-order valence-corrected chi connectivity index (χ3v) is 4.50. The van der Waals surface area contributed by atoms with Gasteiger partial charge in [-0.15, -0.1) is 0 Å². The Balaban J connectivity index is 2.13. The van der Waals surface area contributed by atoms with Gasteiger partial charge in [-0.1, -0.05) is 37.5 Å². The molecule has 0 amide bonds. The molecule has 0 aromatic heterocycles. The van der Waals surface area contributed by atoms with Crippen LogP contribution in [-0.2, 0) is 4.79 Å². The minimum atomic E-state index is -0.517. The molecule has 0 N–H and O–H groups in total. The number of benzene rings is 1. The zero-order valence-electron chi connectivity index (χ0n) is 13.4. The average Bonchev–Trinajstić information content (AvgIpc) is 2.58. The average molecular weight is 317 g/mol. The molecule has 1 aliphatic rings. The number of hydrogen-bond acceptors (Lipinski definition) is 4. The topological polar surface area (TPSA) is 69.4 Å². The van der Waals surface area contributed by atoms with Crippen LogP contribution in [0.4, 0.5) is 0 Å². The van der Waals surface area contributed by atoms with E-state index in [0.717, 1.165) is 37.7 Å². The van der Waals surface area contributed by atoms with Crippen LogP contribution in [0.15, 0.2) is 30.3 Å². The van der Waals surface area contributed by atoms with E-state index in [1.807, 2.05) is 24.3 Å². The highest BCUT2D eigenvalue weighted by atomic mass is 16.6. The number of carbonyl (C=O) groups is 1. The van der Waals surface area contributed by atoms with Crippen molar-refractivity contribution in [3.8, 4) is 5.75 Å². The van der Waals surface area contributed by atoms with Crippen LogP contribution in [-0.4, -0.2) is 24.4 Å². The second-order valence-corrected chi connectivity index (χ2v) is 6.00. The first kappa shape index (κ1) is 17.2. The largest absolute Gasteiger partial charge is 0.496 e. The van der Waals surface area contributed by atoms with E-state index >= 15 is 0 Å². The van der Waals surface area contributed by atoms with Gasteiger partial charge in [0, 0.05) is 10.5 Å². The van der Waals surface area contributed by atoms with Crippen LogP contribution in [0.3, 0.4) is 0 Å². The third kappa shape index (κ3) is 4.91. The second-order valence-electron chi connectivity index (χ2n) is 6.00. The van der Waals surface area contributed by atoms with Crippen LogP contribution < -0.4 is 4.74 Å². The summed E-state index contributed by atoms with van der Waals surface area (Å²) in [4.78, 5) is 23.1. The molecule has 1 aromatic rings. The monoisotopic (exact) mass is 317 g/mol. The molecule has 1 saturated carbocycles. The van der Waals surface area contributed by atoms with E-state index in [-0.39, 0.29) is 23.2 Å². The summed E-state index contributed by atoms with van der Waals surface area (Å²) in [6.45, 7) is -0.278. The molecule has 1 aliphatic carbocycles. The summed E-state index contributed by atoms with van der Waals surface area (Å²) in [5, 5.41) is 10.9. The highest BCUT2D eigenvalue weighted by Gasteiger charge is 2.32. The number of carbonyl (C=O) groups excluding carboxylic acids is 1. The van der Waals surface area contributed by atoms with Crippen LogP contribution in [0.1, 0.15) is 37.7 Å². The number of para-hydroxylation sites is 1. The van der Waals surface area contributed by atoms with E-state index < -0.39 is 5.92 Å². The molecule has 23 heavy (non-hydrogen) atoms. The van der Waals surface area contributed by atoms with E-state index in [9.17, 15) is 14.9 Å². The first-order valence-electron chi connectivity index (χ1n) is 8.08. The molecule has 0 spiro atoms. The summed E-state index contributed by atoms with van der Waals surface area (Å²) in [7, 11) is 1.58. The standard InChI is InChI=1S/C18H23NO4/c1-23-18-10-6-5-9-15(18)11-12-17(20)16(13-19(21)22)14-7-3-2-4-8-14/h5-6,9-12,14,16H,2-4,7-8,13H2,1H3/b12-11-/t16-/m1/s1. The van der Waals surface area contributed by atoms with Crippen molar-refractivity contribution in [2.24, 2.45) is 11.8 Å². The second kappa shape index (κ2) is 8.46. The van der Waals surface area contributed by atoms with E-state index in [2.05, 4.69) is 0 Å². The predicted molar refractivity (Wildman–Crippen MR) is 89.0 cm³/mol. The molecule has 5 nitrogen and oxygen atoms in total. The first-order chi connectivity index (χ1) is 11.1. The SMILES string of the molecule is COc1ccccc1/C=C\C(=O)[C@H](C[N+](=O)[O-])C1CCCCC1. The molecule has 1 atom stereocenters. The molecule has 0 heterocycles. The summed E-state index contributed by atoms with van der Waals surface area (Å²) in [5.74, 6) is 0.139. The summed E-state index contributed by atoms with van der Waals surface area (Å²) in [6, 6.07) is 7.39. The van der Waals surface area contributed by atoms with Gasteiger partial charge in [-0.3, -0.25) is 14.9 Å². The molecule has 0 unspecified atom stereocenters. The van der Waals surface area contributed by atoms with Crippen molar-refractivity contribution < 1.29 is 14.5 Å². The zero-order valence-corrected chi connectivity index (χ0v) is 13.4. The fraction of sp³-hybridized carbons (Fsp3) is 0.500. The van der Waals surface area contributed by atoms with E-state index in [1.54, 1.807) is 13.2 Å². The molecule has 0 saturated heterocycles. The van der Waals surface area contributed by atoms with Gasteiger partial charge in [0.2, 0.25) is 6.54 Å². The van der Waals surface area contributed by atoms with Crippen LogP contribution >= 0.6 is 0 Å². The summed E-state index contributed by atoms with van der Waals surface area (Å²) in [5.41, 5.74) is 0.798. The smallest absolute Gasteiger partial charge is 0.214 e. The fourth-order valence-electron chi connectivity index (χ4n) is 3.27. The number of nitro groups is 1. The highest BCUT2D eigenvalue weighted by Crippen LogP contribution is 2.31. The van der Waals surface area contributed by atoms with E-state index in [1.165, 1.54) is 6.08 Å².